The molecule has 0 radical (unpaired) electrons. The lowest BCUT2D eigenvalue weighted by Gasteiger charge is -2.26. The predicted molar refractivity (Wildman–Crippen MR) is 200 cm³/mol. The van der Waals surface area contributed by atoms with Crippen molar-refractivity contribution in [3.63, 3.8) is 0 Å². The third-order valence-corrected chi connectivity index (χ3v) is 8.49. The lowest BCUT2D eigenvalue weighted by molar-refractivity contribution is -0.134. The largest absolute Gasteiger partial charge is 0.508 e. The number of carbonyl (C=O) groups is 5. The number of rotatable bonds is 12. The van der Waals surface area contributed by atoms with Crippen LogP contribution < -0.4 is 49.5 Å². The van der Waals surface area contributed by atoms with Crippen molar-refractivity contribution < 1.29 is 29.1 Å². The minimum atomic E-state index is -1.23. The van der Waals surface area contributed by atoms with Crippen LogP contribution in [0.2, 0.25) is 0 Å². The fourth-order valence-corrected chi connectivity index (χ4v) is 5.79. The van der Waals surface area contributed by atoms with Crippen LogP contribution in [0.25, 0.3) is 10.8 Å². The maximum absolute atomic E-state index is 14.0. The number of hydrogen-bond acceptors (Lipinski definition) is 8. The van der Waals surface area contributed by atoms with Crippen molar-refractivity contribution >= 4 is 52.2 Å². The first-order valence-corrected chi connectivity index (χ1v) is 17.2. The minimum Gasteiger partial charge on any atom is -0.508 e. The van der Waals surface area contributed by atoms with Gasteiger partial charge in [-0.3, -0.25) is 34.0 Å². The van der Waals surface area contributed by atoms with Gasteiger partial charge in [-0.2, -0.15) is 0 Å². The van der Waals surface area contributed by atoms with Crippen LogP contribution in [0, 0.1) is 0 Å². The molecule has 3 aromatic carbocycles. The summed E-state index contributed by atoms with van der Waals surface area (Å²) in [6, 6.07) is 14.7. The standard InChI is InChI=1S/C36H47N11O6/c37-35(38)41-15-3-7-26-32(51)45-27(8-4-16-42-36(39)40)33(52)47-29(18-21-10-13-25(48)14-11-21)34(53)46-28(31(50)43-20-30(49)44-26)19-22-9-12-23-5-1-2-6-24(23)17-22/h1-2,5-6,9-14,17,26-29,48H,3-4,7-8,15-16,18-20H2,(H,43,50)(H,44,49)(H,45,51)(H,46,53)(H,47,52)(H4,37,38,41)(H4,39,40,42)/t26-,27+,28-,29-/m1/s1. The number of nitrogens with one attached hydrogen (secondary N) is 5. The maximum atomic E-state index is 14.0. The van der Waals surface area contributed by atoms with E-state index in [1.54, 1.807) is 12.1 Å². The van der Waals surface area contributed by atoms with E-state index in [1.807, 2.05) is 42.5 Å². The molecule has 1 fully saturated rings. The van der Waals surface area contributed by atoms with Crippen molar-refractivity contribution in [1.82, 2.24) is 26.6 Å². The maximum Gasteiger partial charge on any atom is 0.243 e. The highest BCUT2D eigenvalue weighted by Crippen LogP contribution is 2.18. The number of aromatic hydroxyl groups is 1. The van der Waals surface area contributed by atoms with E-state index >= 15 is 0 Å². The Labute approximate surface area is 306 Å². The fraction of sp³-hybridized carbons (Fsp3) is 0.361. The number of benzene rings is 3. The van der Waals surface area contributed by atoms with Crippen LogP contribution in [-0.2, 0) is 36.8 Å². The number of carbonyl (C=O) groups excluding carboxylic acids is 5. The molecule has 17 nitrogen and oxygen atoms in total. The molecule has 1 aliphatic rings. The fourth-order valence-electron chi connectivity index (χ4n) is 5.79. The Kier molecular flexibility index (Phi) is 14.3. The molecular weight excluding hydrogens is 682 g/mol. The van der Waals surface area contributed by atoms with Gasteiger partial charge in [0, 0.05) is 25.9 Å². The molecule has 0 aromatic heterocycles. The molecule has 14 N–H and O–H groups in total. The minimum absolute atomic E-state index is 0.0102. The van der Waals surface area contributed by atoms with Gasteiger partial charge in [0.25, 0.3) is 0 Å². The summed E-state index contributed by atoms with van der Waals surface area (Å²) in [7, 11) is 0. The van der Waals surface area contributed by atoms with E-state index in [9.17, 15) is 29.1 Å². The van der Waals surface area contributed by atoms with Crippen molar-refractivity contribution in [3.05, 3.63) is 77.9 Å². The van der Waals surface area contributed by atoms with Crippen LogP contribution in [0.15, 0.2) is 76.7 Å². The second-order valence-electron chi connectivity index (χ2n) is 12.7. The number of nitrogens with zero attached hydrogens (tertiary/aromatic N) is 2. The third-order valence-electron chi connectivity index (χ3n) is 8.49. The molecule has 0 spiro atoms. The van der Waals surface area contributed by atoms with Gasteiger partial charge in [-0.25, -0.2) is 0 Å². The molecule has 1 aliphatic heterocycles. The second kappa shape index (κ2) is 19.3. The summed E-state index contributed by atoms with van der Waals surface area (Å²) in [6.07, 6.45) is 0.777. The first-order chi connectivity index (χ1) is 25.4. The smallest absolute Gasteiger partial charge is 0.243 e. The number of nitrogens with two attached hydrogens (primary N) is 4. The van der Waals surface area contributed by atoms with Gasteiger partial charge in [0.05, 0.1) is 6.54 Å². The zero-order valence-corrected chi connectivity index (χ0v) is 29.2. The van der Waals surface area contributed by atoms with Crippen LogP contribution >= 0.6 is 0 Å². The number of guanidine groups is 2. The first-order valence-electron chi connectivity index (χ1n) is 17.2. The van der Waals surface area contributed by atoms with Gasteiger partial charge in [0.2, 0.25) is 29.5 Å². The number of fused-ring (bicyclic) bond motifs is 1. The van der Waals surface area contributed by atoms with E-state index in [1.165, 1.54) is 12.1 Å². The van der Waals surface area contributed by atoms with E-state index < -0.39 is 60.2 Å². The van der Waals surface area contributed by atoms with Crippen LogP contribution in [-0.4, -0.2) is 90.4 Å². The van der Waals surface area contributed by atoms with Gasteiger partial charge < -0.3 is 54.6 Å². The van der Waals surface area contributed by atoms with Gasteiger partial charge in [0.1, 0.15) is 29.9 Å². The molecule has 4 atom stereocenters. The number of phenols is 1. The molecule has 53 heavy (non-hydrogen) atoms. The Morgan fingerprint density at radius 1 is 0.604 bits per heavy atom. The van der Waals surface area contributed by atoms with Crippen molar-refractivity contribution in [2.45, 2.75) is 62.7 Å². The molecule has 17 heteroatoms. The van der Waals surface area contributed by atoms with Gasteiger partial charge >= 0.3 is 0 Å². The second-order valence-corrected chi connectivity index (χ2v) is 12.7. The highest BCUT2D eigenvalue weighted by atomic mass is 16.3. The molecule has 1 saturated heterocycles. The zero-order valence-electron chi connectivity index (χ0n) is 29.2. The van der Waals surface area contributed by atoms with E-state index in [0.717, 1.165) is 16.3 Å². The summed E-state index contributed by atoms with van der Waals surface area (Å²) in [4.78, 5) is 76.3. The normalized spacial score (nSPS) is 20.0. The van der Waals surface area contributed by atoms with E-state index in [2.05, 4.69) is 36.6 Å². The summed E-state index contributed by atoms with van der Waals surface area (Å²) in [6.45, 7) is -0.177. The molecule has 0 bridgehead atoms. The van der Waals surface area contributed by atoms with Crippen LogP contribution in [0.5, 0.6) is 5.75 Å². The Balaban J connectivity index is 1.69. The van der Waals surface area contributed by atoms with Crippen molar-refractivity contribution in [1.29, 1.82) is 0 Å². The molecular formula is C36H47N11O6. The molecule has 0 aliphatic carbocycles. The molecule has 0 unspecified atom stereocenters. The lowest BCUT2D eigenvalue weighted by Crippen LogP contribution is -2.58. The number of phenolic OH excluding ortho intramolecular Hbond substituents is 1. The average molecular weight is 730 g/mol. The quantitative estimate of drug-likeness (QED) is 0.0585. The van der Waals surface area contributed by atoms with Crippen molar-refractivity contribution in [3.8, 4) is 5.75 Å². The highest BCUT2D eigenvalue weighted by molar-refractivity contribution is 5.97. The topological polar surface area (TPSA) is 295 Å². The Hall–Kier alpha value is -6.39. The van der Waals surface area contributed by atoms with Gasteiger partial charge in [-0.1, -0.05) is 54.6 Å². The Morgan fingerprint density at radius 3 is 1.70 bits per heavy atom. The first kappa shape index (κ1) is 39.4. The van der Waals surface area contributed by atoms with Gasteiger partial charge in [-0.15, -0.1) is 0 Å². The van der Waals surface area contributed by atoms with Crippen molar-refractivity contribution in [2.75, 3.05) is 19.6 Å². The molecule has 4 rings (SSSR count). The zero-order chi connectivity index (χ0) is 38.3. The Morgan fingerprint density at radius 2 is 1.09 bits per heavy atom. The monoisotopic (exact) mass is 729 g/mol. The molecule has 1 heterocycles. The summed E-state index contributed by atoms with van der Waals surface area (Å²) < 4.78 is 0. The molecule has 5 amide bonds. The average Bonchev–Trinajstić information content (AvgIpc) is 3.12. The van der Waals surface area contributed by atoms with Crippen molar-refractivity contribution in [2.24, 2.45) is 32.9 Å². The SMILES string of the molecule is NC(N)=NCCC[C@@H]1NC(=O)[C@@H](CCCN=C(N)N)NC(=O)CNC(=O)[C@@H](Cc2ccc3ccccc3c2)NC(=O)[C@@H](Cc2ccc(O)cc2)NC1=O. The summed E-state index contributed by atoms with van der Waals surface area (Å²) in [5.74, 6) is -3.66. The van der Waals surface area contributed by atoms with E-state index in [4.69, 9.17) is 22.9 Å². The summed E-state index contributed by atoms with van der Waals surface area (Å²) in [5.41, 5.74) is 23.1. The predicted octanol–water partition coefficient (Wildman–Crippen LogP) is -1.49. The number of aliphatic imine (C=N–C) groups is 2. The van der Waals surface area contributed by atoms with Gasteiger partial charge in [0.15, 0.2) is 11.9 Å². The number of amides is 5. The summed E-state index contributed by atoms with van der Waals surface area (Å²) >= 11 is 0. The molecule has 282 valence electrons. The molecule has 0 saturated carbocycles. The lowest BCUT2D eigenvalue weighted by atomic mass is 9.99. The third kappa shape index (κ3) is 12.7. The van der Waals surface area contributed by atoms with E-state index in [0.29, 0.717) is 12.0 Å². The summed E-state index contributed by atoms with van der Waals surface area (Å²) in [5, 5.41) is 25.2. The highest BCUT2D eigenvalue weighted by Gasteiger charge is 2.32. The van der Waals surface area contributed by atoms with Crippen LogP contribution in [0.4, 0.5) is 0 Å². The van der Waals surface area contributed by atoms with Crippen LogP contribution in [0.1, 0.15) is 36.8 Å². The van der Waals surface area contributed by atoms with E-state index in [-0.39, 0.29) is 62.9 Å². The molecule has 3 aromatic rings. The van der Waals surface area contributed by atoms with Crippen LogP contribution in [0.3, 0.4) is 0 Å². The number of hydrogen-bond donors (Lipinski definition) is 10. The van der Waals surface area contributed by atoms with Gasteiger partial charge in [-0.05, 0) is 59.7 Å². The Bertz CT molecular complexity index is 1820.